The minimum Gasteiger partial charge on any atom is -0.478 e. The number of hydrogen-bond donors (Lipinski definition) is 1. The first-order valence-corrected chi connectivity index (χ1v) is 15.5. The third-order valence-electron chi connectivity index (χ3n) is 8.57. The van der Waals surface area contributed by atoms with E-state index in [9.17, 15) is 9.90 Å². The zero-order valence-corrected chi connectivity index (χ0v) is 25.5. The second-order valence-corrected chi connectivity index (χ2v) is 13.4. The van der Waals surface area contributed by atoms with Crippen molar-refractivity contribution >= 4 is 38.2 Å². The molecule has 2 fully saturated rings. The molecular weight excluding hydrogens is 550 g/mol. The molecule has 0 unspecified atom stereocenters. The topological polar surface area (TPSA) is 116 Å². The van der Waals surface area contributed by atoms with Gasteiger partial charge in [-0.15, -0.1) is 0 Å². The highest BCUT2D eigenvalue weighted by Crippen LogP contribution is 2.31. The highest BCUT2D eigenvalue weighted by Gasteiger charge is 2.35. The lowest BCUT2D eigenvalue weighted by atomic mass is 9.93. The summed E-state index contributed by atoms with van der Waals surface area (Å²) in [4.78, 5) is 23.9. The van der Waals surface area contributed by atoms with Gasteiger partial charge in [0, 0.05) is 46.5 Å². The normalized spacial score (nSPS) is 19.8. The molecule has 1 atom stereocenters. The Morgan fingerprint density at radius 1 is 1.10 bits per heavy atom. The van der Waals surface area contributed by atoms with Gasteiger partial charge in [0.15, 0.2) is 5.58 Å². The molecule has 216 valence electrons. The average molecular weight is 584 g/mol. The standard InChI is InChI=1S/C31H33N5O5Si/c37-30(38)21-8-9-24-26(16-21)36(19-31(42)12-15-40-31)28(32-24)17-35-13-10-20(11-14-35)23-5-3-7-29(33-23)39-18-25-22-4-1-2-6-27(22)41-34-25/h1-9,16,20H,10-15,17-19H2,42H3,(H,37,38)/t31-/m1/s1. The number of aromatic nitrogens is 4. The van der Waals surface area contributed by atoms with E-state index < -0.39 is 5.97 Å². The molecule has 0 saturated carbocycles. The van der Waals surface area contributed by atoms with Gasteiger partial charge in [-0.1, -0.05) is 23.4 Å². The molecule has 2 aromatic carbocycles. The molecule has 2 saturated heterocycles. The van der Waals surface area contributed by atoms with Gasteiger partial charge in [-0.25, -0.2) is 14.8 Å². The first-order valence-electron chi connectivity index (χ1n) is 14.5. The van der Waals surface area contributed by atoms with Crippen molar-refractivity contribution in [2.75, 3.05) is 19.7 Å². The number of carbonyl (C=O) groups is 1. The van der Waals surface area contributed by atoms with E-state index in [4.69, 9.17) is 24.0 Å². The van der Waals surface area contributed by atoms with Crippen molar-refractivity contribution in [3.8, 4) is 5.88 Å². The zero-order chi connectivity index (χ0) is 28.7. The lowest BCUT2D eigenvalue weighted by molar-refractivity contribution is -0.0947. The van der Waals surface area contributed by atoms with Crippen molar-refractivity contribution in [2.24, 2.45) is 0 Å². The molecule has 7 rings (SSSR count). The van der Waals surface area contributed by atoms with Gasteiger partial charge in [-0.3, -0.25) is 4.90 Å². The highest BCUT2D eigenvalue weighted by molar-refractivity contribution is 6.15. The maximum Gasteiger partial charge on any atom is 0.335 e. The second-order valence-electron chi connectivity index (χ2n) is 11.5. The molecule has 0 aliphatic carbocycles. The number of likely N-dealkylation sites (tertiary alicyclic amines) is 1. The number of fused-ring (bicyclic) bond motifs is 2. The fourth-order valence-electron chi connectivity index (χ4n) is 6.02. The molecule has 10 nitrogen and oxygen atoms in total. The van der Waals surface area contributed by atoms with Gasteiger partial charge in [-0.2, -0.15) is 0 Å². The number of nitrogens with zero attached hydrogens (tertiary/aromatic N) is 5. The summed E-state index contributed by atoms with van der Waals surface area (Å²) >= 11 is 0. The third-order valence-corrected chi connectivity index (χ3v) is 9.68. The van der Waals surface area contributed by atoms with Crippen molar-refractivity contribution in [3.63, 3.8) is 0 Å². The summed E-state index contributed by atoms with van der Waals surface area (Å²) in [5.74, 6) is 0.976. The smallest absolute Gasteiger partial charge is 0.335 e. The monoisotopic (exact) mass is 583 g/mol. The molecule has 5 aromatic rings. The molecule has 2 aliphatic rings. The van der Waals surface area contributed by atoms with Gasteiger partial charge < -0.3 is 23.7 Å². The van der Waals surface area contributed by atoms with Gasteiger partial charge in [0.05, 0.1) is 28.4 Å². The molecule has 0 amide bonds. The van der Waals surface area contributed by atoms with Crippen LogP contribution in [0.4, 0.5) is 0 Å². The summed E-state index contributed by atoms with van der Waals surface area (Å²) in [5.41, 5.74) is 4.53. The number of hydrogen-bond acceptors (Lipinski definition) is 8. The molecular formula is C31H33N5O5Si. The maximum atomic E-state index is 11.7. The van der Waals surface area contributed by atoms with Gasteiger partial charge >= 0.3 is 5.97 Å². The van der Waals surface area contributed by atoms with E-state index in [1.807, 2.05) is 42.5 Å². The molecule has 2 aliphatic heterocycles. The first kappa shape index (κ1) is 26.8. The number of aromatic carboxylic acids is 1. The molecule has 3 aromatic heterocycles. The van der Waals surface area contributed by atoms with Gasteiger partial charge in [0.2, 0.25) is 5.88 Å². The fraction of sp³-hybridized carbons (Fsp3) is 0.355. The van der Waals surface area contributed by atoms with Crippen LogP contribution in [0.3, 0.4) is 0 Å². The van der Waals surface area contributed by atoms with Crippen LogP contribution < -0.4 is 4.74 Å². The Kier molecular flexibility index (Phi) is 7.00. The summed E-state index contributed by atoms with van der Waals surface area (Å²) in [6, 6.07) is 18.9. The van der Waals surface area contributed by atoms with E-state index in [0.29, 0.717) is 31.5 Å². The minimum absolute atomic E-state index is 0.117. The van der Waals surface area contributed by atoms with E-state index in [2.05, 4.69) is 20.7 Å². The zero-order valence-electron chi connectivity index (χ0n) is 23.5. The van der Waals surface area contributed by atoms with E-state index in [1.165, 1.54) is 0 Å². The predicted molar refractivity (Wildman–Crippen MR) is 160 cm³/mol. The lowest BCUT2D eigenvalue weighted by Crippen LogP contribution is -2.48. The molecule has 5 heterocycles. The van der Waals surface area contributed by atoms with Gasteiger partial charge in [0.1, 0.15) is 18.1 Å². The molecule has 0 bridgehead atoms. The number of pyridine rings is 1. The molecule has 1 N–H and O–H groups in total. The Balaban J connectivity index is 1.02. The van der Waals surface area contributed by atoms with Crippen molar-refractivity contribution < 1.29 is 23.9 Å². The summed E-state index contributed by atoms with van der Waals surface area (Å²) in [6.07, 6.45) is 3.01. The van der Waals surface area contributed by atoms with Gasteiger partial charge in [-0.05, 0) is 68.8 Å². The van der Waals surface area contributed by atoms with Crippen molar-refractivity contribution in [1.29, 1.82) is 0 Å². The summed E-state index contributed by atoms with van der Waals surface area (Å²) < 4.78 is 19.5. The first-order chi connectivity index (χ1) is 20.4. The summed E-state index contributed by atoms with van der Waals surface area (Å²) in [6.45, 7) is 4.36. The number of carboxylic acid groups (broad SMARTS) is 1. The predicted octanol–water partition coefficient (Wildman–Crippen LogP) is 3.71. The van der Waals surface area contributed by atoms with E-state index in [-0.39, 0.29) is 10.8 Å². The lowest BCUT2D eigenvalue weighted by Gasteiger charge is -2.40. The van der Waals surface area contributed by atoms with E-state index in [1.54, 1.807) is 12.1 Å². The Labute approximate surface area is 245 Å². The Morgan fingerprint density at radius 3 is 2.71 bits per heavy atom. The minimum atomic E-state index is -0.927. The molecule has 0 radical (unpaired) electrons. The number of para-hydroxylation sites is 1. The Bertz CT molecular complexity index is 1760. The Hall–Kier alpha value is -4.06. The summed E-state index contributed by atoms with van der Waals surface area (Å²) in [7, 11) is 0.909. The Morgan fingerprint density at radius 2 is 1.93 bits per heavy atom. The van der Waals surface area contributed by atoms with Crippen LogP contribution in [0.1, 0.15) is 52.8 Å². The second kappa shape index (κ2) is 11.0. The van der Waals surface area contributed by atoms with Crippen LogP contribution in [0.25, 0.3) is 22.0 Å². The number of benzene rings is 2. The largest absolute Gasteiger partial charge is 0.478 e. The van der Waals surface area contributed by atoms with Gasteiger partial charge in [0.25, 0.3) is 0 Å². The van der Waals surface area contributed by atoms with E-state index >= 15 is 0 Å². The van der Waals surface area contributed by atoms with Crippen LogP contribution in [-0.2, 0) is 24.4 Å². The number of piperidine rings is 1. The molecule has 11 heteroatoms. The van der Waals surface area contributed by atoms with Crippen LogP contribution in [0.2, 0.25) is 0 Å². The van der Waals surface area contributed by atoms with Crippen LogP contribution in [0.5, 0.6) is 5.88 Å². The van der Waals surface area contributed by atoms with Crippen LogP contribution in [-0.4, -0.2) is 70.8 Å². The average Bonchev–Trinajstić information content (AvgIpc) is 3.56. The third kappa shape index (κ3) is 5.30. The number of rotatable bonds is 9. The molecule has 42 heavy (non-hydrogen) atoms. The van der Waals surface area contributed by atoms with Crippen LogP contribution in [0, 0.1) is 0 Å². The van der Waals surface area contributed by atoms with Crippen molar-refractivity contribution in [3.05, 3.63) is 83.4 Å². The molecule has 0 spiro atoms. The SMILES string of the molecule is O=C(O)c1ccc2nc(CN3CCC(c4cccc(OCc5noc6ccccc56)n4)CC3)n(C[C@]3([SiH3])CCO3)c2c1. The fourth-order valence-corrected chi connectivity index (χ4v) is 6.75. The maximum absolute atomic E-state index is 11.7. The number of carboxylic acids is 1. The number of ether oxygens (including phenoxy) is 2. The summed E-state index contributed by atoms with van der Waals surface area (Å²) in [5, 5.41) is 14.6. The van der Waals surface area contributed by atoms with Crippen molar-refractivity contribution in [1.82, 2.24) is 24.6 Å². The van der Waals surface area contributed by atoms with E-state index in [0.717, 1.165) is 88.4 Å². The van der Waals surface area contributed by atoms with Crippen LogP contribution in [0.15, 0.2) is 65.2 Å². The number of imidazole rings is 1. The highest BCUT2D eigenvalue weighted by atomic mass is 28.1. The van der Waals surface area contributed by atoms with Crippen LogP contribution >= 0.6 is 0 Å². The van der Waals surface area contributed by atoms with Crippen molar-refractivity contribution in [2.45, 2.75) is 50.1 Å². The quantitative estimate of drug-likeness (QED) is 0.259.